The van der Waals surface area contributed by atoms with E-state index in [4.69, 9.17) is 18.9 Å². The molecule has 416 valence electrons. The highest BCUT2D eigenvalue weighted by Gasteiger charge is 2.54. The number of thioether (sulfide) groups is 1. The van der Waals surface area contributed by atoms with Crippen LogP contribution in [0.2, 0.25) is 0 Å². The number of aromatic nitrogens is 1. The van der Waals surface area contributed by atoms with Gasteiger partial charge in [-0.15, -0.1) is 11.3 Å². The lowest BCUT2D eigenvalue weighted by Gasteiger charge is -2.36. The minimum Gasteiger partial charge on any atom is -0.508 e. The van der Waals surface area contributed by atoms with Crippen molar-refractivity contribution in [2.45, 2.75) is 70.1 Å². The van der Waals surface area contributed by atoms with Crippen molar-refractivity contribution in [1.29, 1.82) is 0 Å². The Kier molecular flexibility index (Phi) is 16.1. The summed E-state index contributed by atoms with van der Waals surface area (Å²) in [6.07, 6.45) is 0.375. The molecule has 1 atom stereocenters. The maximum Gasteiger partial charge on any atom is 0.415 e. The van der Waals surface area contributed by atoms with E-state index >= 15 is 0 Å². The molecule has 3 aliphatic rings. The molecule has 1 spiro atoms. The van der Waals surface area contributed by atoms with Crippen LogP contribution in [-0.2, 0) is 34.9 Å². The van der Waals surface area contributed by atoms with E-state index < -0.39 is 35.2 Å². The quantitative estimate of drug-likeness (QED) is 0.0205. The van der Waals surface area contributed by atoms with Gasteiger partial charge >= 0.3 is 12.1 Å². The van der Waals surface area contributed by atoms with Crippen LogP contribution in [0.5, 0.6) is 40.2 Å². The summed E-state index contributed by atoms with van der Waals surface area (Å²) in [5, 5.41) is 49.5. The molecule has 0 saturated carbocycles. The van der Waals surface area contributed by atoms with Crippen LogP contribution in [0.1, 0.15) is 99.5 Å². The van der Waals surface area contributed by atoms with Crippen molar-refractivity contribution < 1.29 is 68.1 Å². The second kappa shape index (κ2) is 23.0. The molecule has 1 unspecified atom stereocenters. The van der Waals surface area contributed by atoms with Crippen LogP contribution in [0.4, 0.5) is 4.79 Å². The first-order chi connectivity index (χ1) is 38.2. The van der Waals surface area contributed by atoms with Crippen LogP contribution in [0.15, 0.2) is 77.8 Å². The first-order valence-corrected chi connectivity index (χ1v) is 27.4. The molecule has 5 aromatic carbocycles. The van der Waals surface area contributed by atoms with Gasteiger partial charge in [0.25, 0.3) is 12.4 Å². The van der Waals surface area contributed by atoms with Gasteiger partial charge in [-0.2, -0.15) is 0 Å². The Morgan fingerprint density at radius 1 is 0.863 bits per heavy atom. The number of fused-ring (bicyclic) bond motifs is 7. The van der Waals surface area contributed by atoms with Crippen molar-refractivity contribution in [1.82, 2.24) is 25.4 Å². The van der Waals surface area contributed by atoms with Gasteiger partial charge in [-0.3, -0.25) is 19.2 Å². The van der Waals surface area contributed by atoms with Gasteiger partial charge in [0.2, 0.25) is 18.0 Å². The Bertz CT molecular complexity index is 3590. The molecule has 6 N–H and O–H groups in total. The zero-order valence-electron chi connectivity index (χ0n) is 44.3. The summed E-state index contributed by atoms with van der Waals surface area (Å²) in [5.74, 6) is -0.905. The fourth-order valence-electron chi connectivity index (χ4n) is 9.99. The van der Waals surface area contributed by atoms with Crippen LogP contribution in [0.25, 0.3) is 23.4 Å². The predicted octanol–water partition coefficient (Wildman–Crippen LogP) is 6.54. The SMILES string of the molecule is C=c1c(C)c(O)c(=C)c(C(C)(C)CC(=O)N(C)CCN(CCCCCC(=O)NCCNC(=O)c2ccc3c(c2)C(=O)OC32c3ccc(O)cc3Oc3cc(O)ccc32)C(=O)Oc2ccc3nc(C4=NC(OC=O)CS4)sc3c2)c1O. The third-order valence-electron chi connectivity index (χ3n) is 14.3. The number of esters is 1. The minimum atomic E-state index is -1.48. The molecule has 1 aromatic heterocycles. The summed E-state index contributed by atoms with van der Waals surface area (Å²) in [6.45, 7) is 14.0. The molecule has 0 radical (unpaired) electrons. The van der Waals surface area contributed by atoms with Gasteiger partial charge in [-0.05, 0) is 68.3 Å². The number of carbonyl (C=O) groups excluding carboxylic acids is 6. The average molecular weight is 1130 g/mol. The first-order valence-electron chi connectivity index (χ1n) is 25.6. The fourth-order valence-corrected chi connectivity index (χ4v) is 12.0. The molecule has 4 amide bonds. The number of carbonyl (C=O) groups is 6. The number of aromatic hydroxyl groups is 4. The maximum absolute atomic E-state index is 13.9. The number of ether oxygens (including phenoxy) is 4. The van der Waals surface area contributed by atoms with E-state index in [1.165, 1.54) is 63.2 Å². The van der Waals surface area contributed by atoms with E-state index in [-0.39, 0.29) is 119 Å². The van der Waals surface area contributed by atoms with E-state index in [2.05, 4.69) is 33.8 Å². The Morgan fingerprint density at radius 3 is 2.27 bits per heavy atom. The van der Waals surface area contributed by atoms with Crippen LogP contribution in [-0.4, -0.2) is 128 Å². The van der Waals surface area contributed by atoms with E-state index in [0.717, 1.165) is 4.70 Å². The lowest BCUT2D eigenvalue weighted by atomic mass is 9.77. The molecule has 9 rings (SSSR count). The van der Waals surface area contributed by atoms with Crippen LogP contribution >= 0.6 is 23.1 Å². The summed E-state index contributed by atoms with van der Waals surface area (Å²) >= 11 is 2.77. The number of hydrogen-bond donors (Lipinski definition) is 6. The van der Waals surface area contributed by atoms with Crippen molar-refractivity contribution in [2.75, 3.05) is 45.5 Å². The second-order valence-corrected chi connectivity index (χ2v) is 22.2. The number of hydrogen-bond acceptors (Lipinski definition) is 18. The molecule has 0 bridgehead atoms. The Morgan fingerprint density at radius 2 is 1.56 bits per heavy atom. The Hall–Kier alpha value is -8.63. The number of nitrogens with zero attached hydrogens (tertiary/aromatic N) is 4. The highest BCUT2D eigenvalue weighted by Crippen LogP contribution is 2.57. The Balaban J connectivity index is 0.783. The van der Waals surface area contributed by atoms with E-state index in [9.17, 15) is 49.2 Å². The molecular formula is C58H58N6O14S2. The van der Waals surface area contributed by atoms with E-state index in [1.54, 1.807) is 70.3 Å². The third-order valence-corrected chi connectivity index (χ3v) is 16.4. The van der Waals surface area contributed by atoms with Crippen molar-refractivity contribution in [3.05, 3.63) is 127 Å². The van der Waals surface area contributed by atoms with Crippen molar-refractivity contribution in [3.63, 3.8) is 0 Å². The van der Waals surface area contributed by atoms with Gasteiger partial charge in [-0.25, -0.2) is 19.6 Å². The van der Waals surface area contributed by atoms with Gasteiger partial charge in [-0.1, -0.05) is 51.3 Å². The van der Waals surface area contributed by atoms with E-state index in [1.807, 2.05) is 0 Å². The number of nitrogens with one attached hydrogen (secondary N) is 2. The van der Waals surface area contributed by atoms with Crippen molar-refractivity contribution in [2.24, 2.45) is 4.99 Å². The number of phenols is 4. The molecule has 4 heterocycles. The number of phenolic OH excluding ortho intramolecular Hbond substituents is 4. The number of rotatable bonds is 20. The number of likely N-dealkylation sites (N-methyl/N-ethyl adjacent to an activating group) is 1. The van der Waals surface area contributed by atoms with E-state index in [0.29, 0.717) is 74.9 Å². The van der Waals surface area contributed by atoms with Crippen molar-refractivity contribution >= 4 is 87.8 Å². The number of aliphatic imine (C=N–C) groups is 1. The number of amides is 4. The number of benzene rings is 5. The van der Waals surface area contributed by atoms with Gasteiger partial charge < -0.3 is 59.8 Å². The topological polar surface area (TPSA) is 276 Å². The molecule has 6 aromatic rings. The summed E-state index contributed by atoms with van der Waals surface area (Å²) in [5.41, 5.74) is 0.607. The fraction of sp³-hybridized carbons (Fsp3) is 0.310. The summed E-state index contributed by atoms with van der Waals surface area (Å²) in [6, 6.07) is 18.6. The molecule has 0 fully saturated rings. The zero-order valence-corrected chi connectivity index (χ0v) is 45.9. The molecule has 20 nitrogen and oxygen atoms in total. The number of unbranched alkanes of at least 4 members (excludes halogenated alkanes) is 2. The van der Waals surface area contributed by atoms with Crippen molar-refractivity contribution in [3.8, 4) is 40.2 Å². The largest absolute Gasteiger partial charge is 0.508 e. The maximum atomic E-state index is 13.9. The van der Waals surface area contributed by atoms with Crippen LogP contribution in [0.3, 0.4) is 0 Å². The molecule has 0 saturated heterocycles. The normalized spacial score (nSPS) is 14.7. The monoisotopic (exact) mass is 1130 g/mol. The van der Waals surface area contributed by atoms with Crippen LogP contribution in [0, 0.1) is 6.92 Å². The lowest BCUT2D eigenvalue weighted by Crippen LogP contribution is -2.42. The van der Waals surface area contributed by atoms with Gasteiger partial charge in [0, 0.05) is 120 Å². The lowest BCUT2D eigenvalue weighted by molar-refractivity contribution is -0.132. The summed E-state index contributed by atoms with van der Waals surface area (Å²) in [7, 11) is 1.61. The molecule has 80 heavy (non-hydrogen) atoms. The smallest absolute Gasteiger partial charge is 0.415 e. The zero-order chi connectivity index (χ0) is 57.2. The van der Waals surface area contributed by atoms with Crippen LogP contribution < -0.4 is 30.5 Å². The standard InChI is InChI=1S/C58H58N6O14S2/c1-31-32(2)51(71)49(33(3)50(31)70)57(4,5)28-48(69)63(6)22-23-64(56(74)76-37-14-18-42-45(27-37)80-54(61-42)53-62-47(29-79-53)75-30-65)21-9-7-8-10-46(68)59-19-20-60-52(72)34-11-15-39-38(24-34)55(73)78-58(39)40-16-12-35(66)25-43(40)77-44-26-36(67)13-17-41(44)58/h11-18,24-27,30,47,66-67,70-71H,2-3,7-10,19-23,28-29H2,1,4-6H3,(H,59,68)(H,60,72). The van der Waals surface area contributed by atoms with Gasteiger partial charge in [0.1, 0.15) is 50.3 Å². The predicted molar refractivity (Wildman–Crippen MR) is 299 cm³/mol. The molecule has 22 heteroatoms. The van der Waals surface area contributed by atoms with Gasteiger partial charge in [0.05, 0.1) is 21.5 Å². The summed E-state index contributed by atoms with van der Waals surface area (Å²) in [4.78, 5) is 90.4. The highest BCUT2D eigenvalue weighted by atomic mass is 32.2. The number of thiazole rings is 1. The average Bonchev–Trinajstić information content (AvgIpc) is 4.33. The molecule has 3 aliphatic heterocycles. The molecular weight excluding hydrogens is 1070 g/mol. The van der Waals surface area contributed by atoms with Gasteiger partial charge in [0.15, 0.2) is 5.60 Å². The molecule has 0 aliphatic carbocycles. The summed E-state index contributed by atoms with van der Waals surface area (Å²) < 4.78 is 23.7. The Labute approximate surface area is 467 Å². The first kappa shape index (κ1) is 56.1. The second-order valence-electron chi connectivity index (χ2n) is 20.2. The minimum absolute atomic E-state index is 0.0638. The highest BCUT2D eigenvalue weighted by molar-refractivity contribution is 8.15. The third kappa shape index (κ3) is 11.3.